The van der Waals surface area contributed by atoms with Crippen molar-refractivity contribution in [3.8, 4) is 17.6 Å². The van der Waals surface area contributed by atoms with Crippen molar-refractivity contribution in [2.45, 2.75) is 37.5 Å². The molecule has 4 rings (SSSR count). The Morgan fingerprint density at radius 1 is 1.19 bits per heavy atom. The molecule has 9 nitrogen and oxygen atoms in total. The maximum atomic E-state index is 15.1. The minimum atomic E-state index is -4.51. The molecule has 0 saturated carbocycles. The van der Waals surface area contributed by atoms with Crippen molar-refractivity contribution >= 4 is 28.2 Å². The third-order valence-corrected chi connectivity index (χ3v) is 7.11. The largest absolute Gasteiger partial charge is 0.495 e. The van der Waals surface area contributed by atoms with Crippen molar-refractivity contribution in [3.05, 3.63) is 53.7 Å². The van der Waals surface area contributed by atoms with Crippen LogP contribution in [0.5, 0.6) is 5.75 Å². The number of aliphatic hydroxyl groups is 1. The molecule has 2 heterocycles. The Labute approximate surface area is 246 Å². The average Bonchev–Trinajstić information content (AvgIpc) is 3.29. The summed E-state index contributed by atoms with van der Waals surface area (Å²) in [6.45, 7) is -0.123. The van der Waals surface area contributed by atoms with E-state index in [9.17, 15) is 23.1 Å². The van der Waals surface area contributed by atoms with Crippen molar-refractivity contribution in [3.63, 3.8) is 0 Å². The molecule has 0 bridgehead atoms. The van der Waals surface area contributed by atoms with Crippen LogP contribution in [0.15, 0.2) is 42.5 Å². The van der Waals surface area contributed by atoms with Crippen LogP contribution in [0.2, 0.25) is 0 Å². The second-order valence-electron chi connectivity index (χ2n) is 10.3. The summed E-state index contributed by atoms with van der Waals surface area (Å²) in [6, 6.07) is 10.2. The fourth-order valence-electron chi connectivity index (χ4n) is 5.15. The lowest BCUT2D eigenvalue weighted by atomic mass is 10.0. The molecule has 1 aromatic heterocycles. The number of anilines is 2. The van der Waals surface area contributed by atoms with Crippen molar-refractivity contribution in [1.29, 1.82) is 0 Å². The first-order valence-corrected chi connectivity index (χ1v) is 13.6. The molecule has 43 heavy (non-hydrogen) atoms. The van der Waals surface area contributed by atoms with Crippen molar-refractivity contribution in [2.75, 3.05) is 57.6 Å². The van der Waals surface area contributed by atoms with E-state index in [4.69, 9.17) is 14.6 Å². The number of likely N-dealkylation sites (tertiary alicyclic amines) is 1. The molecule has 0 aliphatic carbocycles. The number of β-amino-alcohol motifs (C(OH)–C–C–N with tert-alkyl or cyclic N) is 1. The van der Waals surface area contributed by atoms with E-state index in [-0.39, 0.29) is 43.2 Å². The Bertz CT molecular complexity index is 1480. The lowest BCUT2D eigenvalue weighted by Gasteiger charge is -2.36. The van der Waals surface area contributed by atoms with Crippen molar-refractivity contribution in [2.24, 2.45) is 0 Å². The predicted octanol–water partition coefficient (Wildman–Crippen LogP) is 4.21. The number of nitrogens with zero attached hydrogens (tertiary/aromatic N) is 2. The maximum Gasteiger partial charge on any atom is 0.406 e. The molecule has 3 aromatic rings. The summed E-state index contributed by atoms with van der Waals surface area (Å²) in [5, 5.41) is 25.8. The van der Waals surface area contributed by atoms with E-state index >= 15 is 4.39 Å². The molecule has 0 amide bonds. The first-order chi connectivity index (χ1) is 20.5. The first-order valence-electron chi connectivity index (χ1n) is 13.6. The highest BCUT2D eigenvalue weighted by Gasteiger charge is 2.32. The van der Waals surface area contributed by atoms with Crippen LogP contribution in [-0.2, 0) is 11.3 Å². The standard InChI is InChI=1S/C30H34F4N4O5/c1-42-17-21(39)15-37-12-10-25(23(31)16-37)36-24-6-3-7-27-22(24)14-20(38(27)18-30(32,33)34)5-4-11-35-26-9-8-19(29(40)41)13-28(26)43-2/h3,6-9,13-14,21,23,25,35-36,39H,10-12,15-18H2,1-2H3,(H,40,41)/t21?,23-,25-/m1/s1. The van der Waals surface area contributed by atoms with E-state index in [0.29, 0.717) is 35.2 Å². The predicted molar refractivity (Wildman–Crippen MR) is 155 cm³/mol. The Morgan fingerprint density at radius 2 is 1.98 bits per heavy atom. The van der Waals surface area contributed by atoms with Gasteiger partial charge >= 0.3 is 12.1 Å². The number of alkyl halides is 4. The fourth-order valence-corrected chi connectivity index (χ4v) is 5.15. The van der Waals surface area contributed by atoms with Crippen LogP contribution in [0.4, 0.5) is 28.9 Å². The number of hydrogen-bond donors (Lipinski definition) is 4. The molecule has 232 valence electrons. The molecule has 0 radical (unpaired) electrons. The normalized spacial score (nSPS) is 18.1. The minimum Gasteiger partial charge on any atom is -0.495 e. The minimum absolute atomic E-state index is 0.0417. The molecule has 1 aliphatic heterocycles. The third kappa shape index (κ3) is 8.31. The van der Waals surface area contributed by atoms with Crippen LogP contribution in [0.1, 0.15) is 22.5 Å². The topological polar surface area (TPSA) is 108 Å². The maximum absolute atomic E-state index is 15.1. The van der Waals surface area contributed by atoms with Gasteiger partial charge in [-0.2, -0.15) is 13.2 Å². The number of carboxylic acid groups (broad SMARTS) is 1. The van der Waals surface area contributed by atoms with E-state index in [0.717, 1.165) is 4.57 Å². The van der Waals surface area contributed by atoms with Crippen LogP contribution in [0.25, 0.3) is 10.9 Å². The molecular formula is C30H34F4N4O5. The smallest absolute Gasteiger partial charge is 0.406 e. The zero-order valence-corrected chi connectivity index (χ0v) is 23.7. The molecular weight excluding hydrogens is 572 g/mol. The summed E-state index contributed by atoms with van der Waals surface area (Å²) in [5.74, 6) is 4.81. The van der Waals surface area contributed by atoms with E-state index in [2.05, 4.69) is 22.5 Å². The number of fused-ring (bicyclic) bond motifs is 1. The van der Waals surface area contributed by atoms with Gasteiger partial charge in [0, 0.05) is 37.8 Å². The van der Waals surface area contributed by atoms with Gasteiger partial charge in [-0.1, -0.05) is 12.0 Å². The second-order valence-corrected chi connectivity index (χ2v) is 10.3. The van der Waals surface area contributed by atoms with E-state index in [1.54, 1.807) is 24.3 Å². The number of aromatic carboxylic acids is 1. The highest BCUT2D eigenvalue weighted by atomic mass is 19.4. The Hall–Kier alpha value is -3.99. The number of carbonyl (C=O) groups is 1. The van der Waals surface area contributed by atoms with Crippen LogP contribution in [0, 0.1) is 11.8 Å². The van der Waals surface area contributed by atoms with Gasteiger partial charge in [0.2, 0.25) is 0 Å². The summed E-state index contributed by atoms with van der Waals surface area (Å²) >= 11 is 0. The number of halogens is 4. The number of hydrogen-bond acceptors (Lipinski definition) is 7. The molecule has 1 fully saturated rings. The molecule has 4 N–H and O–H groups in total. The first kappa shape index (κ1) is 31.9. The van der Waals surface area contributed by atoms with Gasteiger partial charge in [-0.15, -0.1) is 0 Å². The van der Waals surface area contributed by atoms with E-state index in [1.165, 1.54) is 32.4 Å². The summed E-state index contributed by atoms with van der Waals surface area (Å²) in [7, 11) is 2.87. The second kappa shape index (κ2) is 14.0. The van der Waals surface area contributed by atoms with Gasteiger partial charge in [0.05, 0.1) is 54.9 Å². The van der Waals surface area contributed by atoms with Gasteiger partial charge < -0.3 is 34.9 Å². The van der Waals surface area contributed by atoms with Crippen LogP contribution >= 0.6 is 0 Å². The number of piperidine rings is 1. The number of ether oxygens (including phenoxy) is 2. The number of aliphatic hydroxyl groups excluding tert-OH is 1. The molecule has 1 aliphatic rings. The van der Waals surface area contributed by atoms with Gasteiger partial charge in [0.1, 0.15) is 18.5 Å². The van der Waals surface area contributed by atoms with Gasteiger partial charge in [0.15, 0.2) is 0 Å². The zero-order chi connectivity index (χ0) is 31.1. The van der Waals surface area contributed by atoms with Crippen LogP contribution < -0.4 is 15.4 Å². The Morgan fingerprint density at radius 3 is 2.65 bits per heavy atom. The van der Waals surface area contributed by atoms with Crippen molar-refractivity contribution in [1.82, 2.24) is 9.47 Å². The molecule has 1 unspecified atom stereocenters. The number of benzene rings is 2. The summed E-state index contributed by atoms with van der Waals surface area (Å²) < 4.78 is 67.1. The number of nitrogens with one attached hydrogen (secondary N) is 2. The summed E-state index contributed by atoms with van der Waals surface area (Å²) in [5.41, 5.74) is 1.46. The van der Waals surface area contributed by atoms with Crippen LogP contribution in [-0.4, -0.2) is 97.1 Å². The highest BCUT2D eigenvalue weighted by Crippen LogP contribution is 2.32. The Balaban J connectivity index is 1.53. The average molecular weight is 607 g/mol. The number of methoxy groups -OCH3 is 2. The number of carboxylic acids is 1. The van der Waals surface area contributed by atoms with E-state index in [1.807, 2.05) is 4.90 Å². The summed E-state index contributed by atoms with van der Waals surface area (Å²) in [6.07, 6.45) is -6.05. The van der Waals surface area contributed by atoms with Crippen molar-refractivity contribution < 1.29 is 42.0 Å². The number of rotatable bonds is 11. The SMILES string of the molecule is COCC(O)CN1CC[C@@H](Nc2cccc3c2cc(C#CCNc2ccc(C(=O)O)cc2OC)n3CC(F)(F)F)[C@H](F)C1. The lowest BCUT2D eigenvalue weighted by Crippen LogP contribution is -2.50. The zero-order valence-electron chi connectivity index (χ0n) is 23.7. The molecule has 1 saturated heterocycles. The van der Waals surface area contributed by atoms with Gasteiger partial charge in [-0.3, -0.25) is 4.90 Å². The van der Waals surface area contributed by atoms with Gasteiger partial charge in [0.25, 0.3) is 0 Å². The molecule has 0 spiro atoms. The number of aromatic nitrogens is 1. The lowest BCUT2D eigenvalue weighted by molar-refractivity contribution is -0.140. The monoisotopic (exact) mass is 606 g/mol. The quantitative estimate of drug-likeness (QED) is 0.190. The van der Waals surface area contributed by atoms with E-state index < -0.39 is 37.0 Å². The van der Waals surface area contributed by atoms with Gasteiger partial charge in [-0.25, -0.2) is 9.18 Å². The fraction of sp³-hybridized carbons (Fsp3) is 0.433. The summed E-state index contributed by atoms with van der Waals surface area (Å²) in [4.78, 5) is 13.0. The molecule has 3 atom stereocenters. The third-order valence-electron chi connectivity index (χ3n) is 7.11. The Kier molecular flexibility index (Phi) is 10.4. The van der Waals surface area contributed by atoms with Crippen LogP contribution in [0.3, 0.4) is 0 Å². The van der Waals surface area contributed by atoms with Gasteiger partial charge in [-0.05, 0) is 48.7 Å². The molecule has 2 aromatic carbocycles. The molecule has 13 heteroatoms. The highest BCUT2D eigenvalue weighted by molar-refractivity contribution is 5.94.